The van der Waals surface area contributed by atoms with Crippen molar-refractivity contribution in [1.82, 2.24) is 4.57 Å². The van der Waals surface area contributed by atoms with Crippen molar-refractivity contribution >= 4 is 21.5 Å². The number of aromatic nitrogens is 1. The number of carbonyl (C=O) groups is 1. The quantitative estimate of drug-likeness (QED) is 0.328. The summed E-state index contributed by atoms with van der Waals surface area (Å²) in [6, 6.07) is 10.9. The highest BCUT2D eigenvalue weighted by atomic mass is 32.2. The Hall–Kier alpha value is -3.50. The largest absolute Gasteiger partial charge is 0.478 e. The first-order chi connectivity index (χ1) is 14.9. The van der Waals surface area contributed by atoms with E-state index in [1.54, 1.807) is 6.07 Å². The molecule has 9 nitrogen and oxygen atoms in total. The second-order valence-corrected chi connectivity index (χ2v) is 9.17. The fraction of sp³-hybridized carbons (Fsp3) is 0.227. The lowest BCUT2D eigenvalue weighted by atomic mass is 10.1. The molecule has 2 N–H and O–H groups in total. The van der Waals surface area contributed by atoms with Crippen LogP contribution >= 0.6 is 0 Å². The number of nitro groups is 1. The van der Waals surface area contributed by atoms with Crippen molar-refractivity contribution in [2.45, 2.75) is 32.6 Å². The molecular formula is C22H23N3O6S. The van der Waals surface area contributed by atoms with Gasteiger partial charge in [-0.1, -0.05) is 6.07 Å². The minimum absolute atomic E-state index is 0.223. The molecule has 3 aromatic rings. The van der Waals surface area contributed by atoms with Gasteiger partial charge in [0, 0.05) is 28.7 Å². The molecule has 0 saturated heterocycles. The van der Waals surface area contributed by atoms with Gasteiger partial charge in [-0.3, -0.25) is 14.9 Å². The van der Waals surface area contributed by atoms with Gasteiger partial charge in [-0.25, -0.2) is 13.6 Å². The molecule has 0 aliphatic carbocycles. The van der Waals surface area contributed by atoms with Crippen molar-refractivity contribution in [3.63, 3.8) is 0 Å². The van der Waals surface area contributed by atoms with Crippen molar-refractivity contribution in [1.29, 1.82) is 0 Å². The van der Waals surface area contributed by atoms with Gasteiger partial charge in [0.25, 0.3) is 0 Å². The number of nitrogens with zero attached hydrogens (tertiary/aromatic N) is 2. The zero-order chi connectivity index (χ0) is 23.8. The average Bonchev–Trinajstić information content (AvgIpc) is 2.98. The van der Waals surface area contributed by atoms with E-state index in [4.69, 9.17) is 9.88 Å². The summed E-state index contributed by atoms with van der Waals surface area (Å²) in [6.45, 7) is 7.25. The maximum absolute atomic E-state index is 12.9. The Morgan fingerprint density at radius 2 is 1.69 bits per heavy atom. The van der Waals surface area contributed by atoms with Crippen molar-refractivity contribution in [3.05, 3.63) is 80.7 Å². The van der Waals surface area contributed by atoms with E-state index in [1.807, 2.05) is 44.4 Å². The van der Waals surface area contributed by atoms with Gasteiger partial charge in [0.2, 0.25) is 15.8 Å². The summed E-state index contributed by atoms with van der Waals surface area (Å²) in [7, 11) is -4.12. The molecule has 3 rings (SSSR count). The molecule has 0 aliphatic rings. The second-order valence-electron chi connectivity index (χ2n) is 7.61. The smallest absolute Gasteiger partial charge is 0.312 e. The highest BCUT2D eigenvalue weighted by Gasteiger charge is 2.22. The number of primary sulfonamides is 1. The summed E-state index contributed by atoms with van der Waals surface area (Å²) in [4.78, 5) is 23.0. The van der Waals surface area contributed by atoms with E-state index < -0.39 is 32.1 Å². The van der Waals surface area contributed by atoms with Crippen molar-refractivity contribution < 1.29 is 22.9 Å². The Balaban J connectivity index is 1.89. The topological polar surface area (TPSA) is 135 Å². The second kappa shape index (κ2) is 8.56. The van der Waals surface area contributed by atoms with E-state index in [9.17, 15) is 23.3 Å². The number of sulfonamides is 1. The molecule has 1 heterocycles. The summed E-state index contributed by atoms with van der Waals surface area (Å²) >= 11 is 0. The van der Waals surface area contributed by atoms with Crippen LogP contribution in [0.4, 0.5) is 5.69 Å². The zero-order valence-electron chi connectivity index (χ0n) is 18.1. The van der Waals surface area contributed by atoms with Crippen LogP contribution in [0.25, 0.3) is 5.69 Å². The molecule has 0 aliphatic heterocycles. The van der Waals surface area contributed by atoms with Crippen molar-refractivity contribution in [2.24, 2.45) is 5.14 Å². The Kier molecular flexibility index (Phi) is 6.20. The normalized spacial score (nSPS) is 11.4. The maximum atomic E-state index is 12.9. The fourth-order valence-electron chi connectivity index (χ4n) is 3.68. The number of hydrogen-bond acceptors (Lipinski definition) is 6. The molecule has 168 valence electrons. The predicted molar refractivity (Wildman–Crippen MR) is 119 cm³/mol. The molecule has 0 fully saturated rings. The summed E-state index contributed by atoms with van der Waals surface area (Å²) in [5, 5.41) is 16.4. The summed E-state index contributed by atoms with van der Waals surface area (Å²) < 4.78 is 30.3. The molecule has 0 unspecified atom stereocenters. The van der Waals surface area contributed by atoms with Crippen LogP contribution < -0.4 is 9.88 Å². The van der Waals surface area contributed by atoms with Crippen LogP contribution in [0.15, 0.2) is 47.4 Å². The lowest BCUT2D eigenvalue weighted by Gasteiger charge is -2.12. The van der Waals surface area contributed by atoms with Gasteiger partial charge in [-0.05, 0) is 69.2 Å². The molecule has 32 heavy (non-hydrogen) atoms. The zero-order valence-corrected chi connectivity index (χ0v) is 18.9. The highest BCUT2D eigenvalue weighted by Crippen LogP contribution is 2.30. The SMILES string of the molecule is Cc1cc(C)cc(-n2c(C)cc(C(=O)COc3ccc(S(N)(=O)=O)cc3[N+](=O)[O-])c2C)c1. The Morgan fingerprint density at radius 1 is 1.06 bits per heavy atom. The van der Waals surface area contributed by atoms with Gasteiger partial charge in [0.1, 0.15) is 0 Å². The summed E-state index contributed by atoms with van der Waals surface area (Å²) in [6.07, 6.45) is 0. The number of hydrogen-bond donors (Lipinski definition) is 1. The monoisotopic (exact) mass is 457 g/mol. The number of rotatable bonds is 7. The molecule has 0 saturated carbocycles. The molecule has 10 heteroatoms. The lowest BCUT2D eigenvalue weighted by molar-refractivity contribution is -0.386. The van der Waals surface area contributed by atoms with Crippen LogP contribution in [0.1, 0.15) is 32.9 Å². The lowest BCUT2D eigenvalue weighted by Crippen LogP contribution is -2.15. The van der Waals surface area contributed by atoms with Crippen LogP contribution in [-0.4, -0.2) is 30.3 Å². The third-order valence-corrected chi connectivity index (χ3v) is 5.92. The summed E-state index contributed by atoms with van der Waals surface area (Å²) in [5.41, 5.74) is 4.56. The number of nitrogens with two attached hydrogens (primary N) is 1. The van der Waals surface area contributed by atoms with Gasteiger partial charge >= 0.3 is 5.69 Å². The van der Waals surface area contributed by atoms with Crippen LogP contribution in [0.2, 0.25) is 0 Å². The third-order valence-electron chi connectivity index (χ3n) is 5.01. The van der Waals surface area contributed by atoms with Crippen LogP contribution in [0, 0.1) is 37.8 Å². The number of aryl methyl sites for hydroxylation is 3. The molecule has 2 aromatic carbocycles. The van der Waals surface area contributed by atoms with E-state index >= 15 is 0 Å². The number of Topliss-reactive ketones (excluding diaryl/α,β-unsaturated/α-hetero) is 1. The molecule has 0 radical (unpaired) electrons. The first kappa shape index (κ1) is 23.2. The van der Waals surface area contributed by atoms with Gasteiger partial charge in [0.15, 0.2) is 12.4 Å². The molecule has 1 aromatic heterocycles. The first-order valence-corrected chi connectivity index (χ1v) is 11.2. The van der Waals surface area contributed by atoms with Crippen LogP contribution in [0.3, 0.4) is 0 Å². The molecular weight excluding hydrogens is 434 g/mol. The number of ether oxygens (including phenoxy) is 1. The van der Waals surface area contributed by atoms with Gasteiger partial charge in [0.05, 0.1) is 9.82 Å². The van der Waals surface area contributed by atoms with Crippen LogP contribution in [-0.2, 0) is 10.0 Å². The van der Waals surface area contributed by atoms with Crippen molar-refractivity contribution in [2.75, 3.05) is 6.61 Å². The Bertz CT molecular complexity index is 1320. The Labute approximate surface area is 185 Å². The number of ketones is 1. The first-order valence-electron chi connectivity index (χ1n) is 9.63. The standard InChI is InChI=1S/C22H23N3O6S/c1-13-7-14(2)9-17(8-13)24-15(3)10-19(16(24)4)21(26)12-31-22-6-5-18(32(23,29)30)11-20(22)25(27)28/h5-11H,12H2,1-4H3,(H2,23,29,30). The van der Waals surface area contributed by atoms with E-state index in [-0.39, 0.29) is 11.5 Å². The van der Waals surface area contributed by atoms with E-state index in [1.165, 1.54) is 0 Å². The van der Waals surface area contributed by atoms with Gasteiger partial charge in [-0.2, -0.15) is 0 Å². The summed E-state index contributed by atoms with van der Waals surface area (Å²) in [5.74, 6) is -0.586. The van der Waals surface area contributed by atoms with E-state index in [0.29, 0.717) is 5.56 Å². The van der Waals surface area contributed by atoms with Crippen molar-refractivity contribution in [3.8, 4) is 11.4 Å². The highest BCUT2D eigenvalue weighted by molar-refractivity contribution is 7.89. The Morgan fingerprint density at radius 3 is 2.25 bits per heavy atom. The van der Waals surface area contributed by atoms with E-state index in [0.717, 1.165) is 46.4 Å². The molecule has 0 spiro atoms. The van der Waals surface area contributed by atoms with E-state index in [2.05, 4.69) is 6.07 Å². The average molecular weight is 458 g/mol. The van der Waals surface area contributed by atoms with Gasteiger partial charge < -0.3 is 9.30 Å². The molecule has 0 atom stereocenters. The number of benzene rings is 2. The minimum Gasteiger partial charge on any atom is -0.478 e. The third kappa shape index (κ3) is 4.71. The number of carbonyl (C=O) groups excluding carboxylic acids is 1. The maximum Gasteiger partial charge on any atom is 0.312 e. The molecule has 0 bridgehead atoms. The predicted octanol–water partition coefficient (Wildman–Crippen LogP) is 3.53. The minimum atomic E-state index is -4.12. The van der Waals surface area contributed by atoms with Gasteiger partial charge in [-0.15, -0.1) is 0 Å². The fourth-order valence-corrected chi connectivity index (χ4v) is 4.22. The molecule has 0 amide bonds. The number of nitro benzene ring substituents is 1. The van der Waals surface area contributed by atoms with Crippen LogP contribution in [0.5, 0.6) is 5.75 Å².